The van der Waals surface area contributed by atoms with E-state index < -0.39 is 28.8 Å². The Hall–Kier alpha value is -3.65. The molecule has 4 aromatic carbocycles. The van der Waals surface area contributed by atoms with Crippen molar-refractivity contribution < 1.29 is 17.6 Å². The minimum atomic E-state index is -0.943. The van der Waals surface area contributed by atoms with Gasteiger partial charge in [-0.05, 0) is 59.2 Å². The van der Waals surface area contributed by atoms with Gasteiger partial charge in [0.2, 0.25) is 0 Å². The number of fused-ring (bicyclic) bond motifs is 1. The lowest BCUT2D eigenvalue weighted by Crippen LogP contribution is -1.96. The van der Waals surface area contributed by atoms with Crippen molar-refractivity contribution in [2.75, 3.05) is 0 Å². The van der Waals surface area contributed by atoms with Crippen LogP contribution in [0.3, 0.4) is 0 Å². The maximum Gasteiger partial charge on any atom is 0.141 e. The topological polar surface area (TPSA) is 23.8 Å². The van der Waals surface area contributed by atoms with Crippen LogP contribution in [0.25, 0.3) is 33.0 Å². The van der Waals surface area contributed by atoms with Gasteiger partial charge in [-0.1, -0.05) is 69.0 Å². The molecule has 4 rings (SSSR count). The third-order valence-electron chi connectivity index (χ3n) is 6.32. The summed E-state index contributed by atoms with van der Waals surface area (Å²) in [5.41, 5.74) is 0.588. The Bertz CT molecular complexity index is 1400. The SMILES string of the molecule is CCCCCCCc1ccc2c(F)c(-c3cc(F)c(-c4ccc(C#N)c(F)c4)c(F)c3)ccc2c1. The number of hydrogen-bond donors (Lipinski definition) is 0. The number of hydrogen-bond acceptors (Lipinski definition) is 1. The molecule has 0 atom stereocenters. The second-order valence-electron chi connectivity index (χ2n) is 8.77. The molecular weight excluding hydrogens is 450 g/mol. The van der Waals surface area contributed by atoms with Crippen LogP contribution in [0, 0.1) is 34.6 Å². The molecule has 0 saturated carbocycles. The van der Waals surface area contributed by atoms with Crippen LogP contribution in [0.4, 0.5) is 17.6 Å². The molecule has 0 aliphatic rings. The van der Waals surface area contributed by atoms with Gasteiger partial charge in [-0.25, -0.2) is 17.6 Å². The fourth-order valence-electron chi connectivity index (χ4n) is 4.42. The summed E-state index contributed by atoms with van der Waals surface area (Å²) in [4.78, 5) is 0. The van der Waals surface area contributed by atoms with Gasteiger partial charge in [-0.2, -0.15) is 5.26 Å². The summed E-state index contributed by atoms with van der Waals surface area (Å²) in [5, 5.41) is 9.98. The molecule has 0 radical (unpaired) electrons. The van der Waals surface area contributed by atoms with E-state index in [1.54, 1.807) is 18.2 Å². The third-order valence-corrected chi connectivity index (χ3v) is 6.32. The third kappa shape index (κ3) is 5.22. The molecule has 0 heterocycles. The highest BCUT2D eigenvalue weighted by atomic mass is 19.1. The van der Waals surface area contributed by atoms with Gasteiger partial charge < -0.3 is 0 Å². The van der Waals surface area contributed by atoms with Gasteiger partial charge in [0, 0.05) is 10.9 Å². The molecule has 0 unspecified atom stereocenters. The summed E-state index contributed by atoms with van der Waals surface area (Å²) < 4.78 is 59.2. The zero-order chi connectivity index (χ0) is 24.9. The van der Waals surface area contributed by atoms with Crippen LogP contribution < -0.4 is 0 Å². The highest BCUT2D eigenvalue weighted by Gasteiger charge is 2.18. The standard InChI is InChI=1S/C30H25F4N/c1-2-3-4-5-6-7-19-8-12-24-20(14-19)11-13-25(30(24)34)23-16-27(32)29(28(33)17-23)21-9-10-22(18-35)26(31)15-21/h8-17H,2-7H2,1H3. The van der Waals surface area contributed by atoms with Crippen molar-refractivity contribution in [2.24, 2.45) is 0 Å². The van der Waals surface area contributed by atoms with E-state index in [1.165, 1.54) is 43.9 Å². The molecule has 0 aromatic heterocycles. The molecular formula is C30H25F4N. The maximum absolute atomic E-state index is 15.4. The lowest BCUT2D eigenvalue weighted by molar-refractivity contribution is 0.588. The number of halogens is 4. The van der Waals surface area contributed by atoms with Crippen molar-refractivity contribution in [2.45, 2.75) is 45.4 Å². The molecule has 5 heteroatoms. The normalized spacial score (nSPS) is 11.1. The molecule has 0 aliphatic carbocycles. The summed E-state index contributed by atoms with van der Waals surface area (Å²) in [6.45, 7) is 2.18. The molecule has 0 saturated heterocycles. The van der Waals surface area contributed by atoms with Crippen LogP contribution >= 0.6 is 0 Å². The van der Waals surface area contributed by atoms with E-state index in [9.17, 15) is 13.2 Å². The second-order valence-corrected chi connectivity index (χ2v) is 8.77. The number of rotatable bonds is 8. The highest BCUT2D eigenvalue weighted by molar-refractivity contribution is 5.89. The van der Waals surface area contributed by atoms with E-state index in [1.807, 2.05) is 12.1 Å². The smallest absolute Gasteiger partial charge is 0.141 e. The molecule has 0 spiro atoms. The van der Waals surface area contributed by atoms with E-state index in [4.69, 9.17) is 5.26 Å². The van der Waals surface area contributed by atoms with Gasteiger partial charge in [-0.3, -0.25) is 0 Å². The molecule has 1 nitrogen and oxygen atoms in total. The monoisotopic (exact) mass is 475 g/mol. The summed E-state index contributed by atoms with van der Waals surface area (Å²) in [5.74, 6) is -3.30. The predicted octanol–water partition coefficient (Wildman–Crippen LogP) is 9.11. The summed E-state index contributed by atoms with van der Waals surface area (Å²) >= 11 is 0. The molecule has 0 bridgehead atoms. The van der Waals surface area contributed by atoms with E-state index >= 15 is 4.39 Å². The van der Waals surface area contributed by atoms with Crippen molar-refractivity contribution in [3.63, 3.8) is 0 Å². The molecule has 0 fully saturated rings. The Balaban J connectivity index is 1.64. The zero-order valence-corrected chi connectivity index (χ0v) is 19.5. The van der Waals surface area contributed by atoms with Gasteiger partial charge in [0.1, 0.15) is 29.3 Å². The fraction of sp³-hybridized carbons (Fsp3) is 0.233. The van der Waals surface area contributed by atoms with Gasteiger partial charge in [0.15, 0.2) is 0 Å². The summed E-state index contributed by atoms with van der Waals surface area (Å²) in [6.07, 6.45) is 6.83. The first-order valence-electron chi connectivity index (χ1n) is 11.8. The second kappa shape index (κ2) is 10.7. The Kier molecular flexibility index (Phi) is 7.51. The van der Waals surface area contributed by atoms with Crippen LogP contribution in [-0.4, -0.2) is 0 Å². The van der Waals surface area contributed by atoms with Crippen molar-refractivity contribution in [1.29, 1.82) is 5.26 Å². The molecule has 0 aliphatic heterocycles. The van der Waals surface area contributed by atoms with E-state index in [-0.39, 0.29) is 22.3 Å². The first kappa shape index (κ1) is 24.5. The Morgan fingerprint density at radius 3 is 2.11 bits per heavy atom. The number of unbranched alkanes of at least 4 members (excludes halogenated alkanes) is 4. The maximum atomic E-state index is 15.4. The van der Waals surface area contributed by atoms with Gasteiger partial charge in [0.05, 0.1) is 11.1 Å². The molecule has 0 N–H and O–H groups in total. The van der Waals surface area contributed by atoms with Gasteiger partial charge in [-0.15, -0.1) is 0 Å². The average molecular weight is 476 g/mol. The van der Waals surface area contributed by atoms with Gasteiger partial charge in [0.25, 0.3) is 0 Å². The van der Waals surface area contributed by atoms with Crippen molar-refractivity contribution in [3.05, 3.63) is 95.1 Å². The van der Waals surface area contributed by atoms with Gasteiger partial charge >= 0.3 is 0 Å². The first-order valence-corrected chi connectivity index (χ1v) is 11.8. The Morgan fingerprint density at radius 1 is 0.714 bits per heavy atom. The van der Waals surface area contributed by atoms with Crippen LogP contribution in [0.2, 0.25) is 0 Å². The van der Waals surface area contributed by atoms with Crippen molar-refractivity contribution >= 4 is 10.8 Å². The van der Waals surface area contributed by atoms with E-state index in [0.29, 0.717) is 5.39 Å². The lowest BCUT2D eigenvalue weighted by Gasteiger charge is -2.12. The first-order chi connectivity index (χ1) is 16.9. The largest absolute Gasteiger partial charge is 0.206 e. The Morgan fingerprint density at radius 2 is 1.43 bits per heavy atom. The van der Waals surface area contributed by atoms with Crippen molar-refractivity contribution in [3.8, 4) is 28.3 Å². The number of nitrogens with zero attached hydrogens (tertiary/aromatic N) is 1. The average Bonchev–Trinajstić information content (AvgIpc) is 2.84. The molecule has 0 amide bonds. The zero-order valence-electron chi connectivity index (χ0n) is 19.5. The number of benzene rings is 4. The molecule has 178 valence electrons. The lowest BCUT2D eigenvalue weighted by atomic mass is 9.95. The quantitative estimate of drug-likeness (QED) is 0.184. The van der Waals surface area contributed by atoms with Crippen LogP contribution in [0.5, 0.6) is 0 Å². The molecule has 35 heavy (non-hydrogen) atoms. The predicted molar refractivity (Wildman–Crippen MR) is 132 cm³/mol. The summed E-state index contributed by atoms with van der Waals surface area (Å²) in [7, 11) is 0. The van der Waals surface area contributed by atoms with Crippen LogP contribution in [0.15, 0.2) is 60.7 Å². The minimum absolute atomic E-state index is 0.0377. The molecule has 4 aromatic rings. The van der Waals surface area contributed by atoms with E-state index in [2.05, 4.69) is 6.92 Å². The fourth-order valence-corrected chi connectivity index (χ4v) is 4.42. The number of nitriles is 1. The summed E-state index contributed by atoms with van der Waals surface area (Å²) in [6, 6.07) is 16.0. The number of aryl methyl sites for hydroxylation is 1. The van der Waals surface area contributed by atoms with Crippen LogP contribution in [-0.2, 0) is 6.42 Å². The van der Waals surface area contributed by atoms with Crippen molar-refractivity contribution in [1.82, 2.24) is 0 Å². The Labute approximate surface area is 202 Å². The minimum Gasteiger partial charge on any atom is -0.206 e. The van der Waals surface area contributed by atoms with E-state index in [0.717, 1.165) is 42.0 Å². The highest BCUT2D eigenvalue weighted by Crippen LogP contribution is 2.35. The van der Waals surface area contributed by atoms with Crippen LogP contribution in [0.1, 0.15) is 50.2 Å².